The van der Waals surface area contributed by atoms with Gasteiger partial charge < -0.3 is 9.38 Å². The summed E-state index contributed by atoms with van der Waals surface area (Å²) in [5, 5.41) is 7.89. The standard InChI is InChI=1S/C30H18N2/c1-2-8-18(9-3-1)19-14-15-20-23-17-25-28(21-10-4-6-12-24(21)31-25)29-22-11-5-7-13-26(22)32(30(23)29)27(20)16-19/h1-17,31H. The fourth-order valence-corrected chi connectivity index (χ4v) is 5.71. The van der Waals surface area contributed by atoms with Crippen LogP contribution in [-0.4, -0.2) is 9.38 Å². The Morgan fingerprint density at radius 1 is 0.469 bits per heavy atom. The van der Waals surface area contributed by atoms with Crippen molar-refractivity contribution in [3.05, 3.63) is 103 Å². The van der Waals surface area contributed by atoms with Crippen molar-refractivity contribution < 1.29 is 0 Å². The van der Waals surface area contributed by atoms with Crippen molar-refractivity contribution in [2.45, 2.75) is 0 Å². The number of rotatable bonds is 1. The molecule has 0 aliphatic carbocycles. The minimum Gasteiger partial charge on any atom is -0.354 e. The lowest BCUT2D eigenvalue weighted by atomic mass is 10.0. The van der Waals surface area contributed by atoms with E-state index in [2.05, 4.69) is 113 Å². The zero-order valence-electron chi connectivity index (χ0n) is 17.3. The van der Waals surface area contributed by atoms with Gasteiger partial charge in [-0.25, -0.2) is 0 Å². The topological polar surface area (TPSA) is 20.2 Å². The highest BCUT2D eigenvalue weighted by atomic mass is 14.9. The molecule has 148 valence electrons. The average Bonchev–Trinajstić information content (AvgIpc) is 3.49. The van der Waals surface area contributed by atoms with Crippen molar-refractivity contribution in [1.82, 2.24) is 9.38 Å². The van der Waals surface area contributed by atoms with Gasteiger partial charge in [0.25, 0.3) is 0 Å². The summed E-state index contributed by atoms with van der Waals surface area (Å²) in [5.74, 6) is 0. The molecule has 0 saturated carbocycles. The predicted molar refractivity (Wildman–Crippen MR) is 136 cm³/mol. The van der Waals surface area contributed by atoms with E-state index in [0.717, 1.165) is 0 Å². The number of fused-ring (bicyclic) bond motifs is 10. The number of H-pyrrole nitrogens is 1. The van der Waals surface area contributed by atoms with Gasteiger partial charge in [-0.1, -0.05) is 78.9 Å². The maximum Gasteiger partial charge on any atom is 0.0628 e. The lowest BCUT2D eigenvalue weighted by Crippen LogP contribution is -1.82. The van der Waals surface area contributed by atoms with Crippen molar-refractivity contribution in [2.75, 3.05) is 0 Å². The molecular weight excluding hydrogens is 388 g/mol. The first-order valence-electron chi connectivity index (χ1n) is 11.1. The summed E-state index contributed by atoms with van der Waals surface area (Å²) in [5.41, 5.74) is 8.75. The second kappa shape index (κ2) is 5.68. The summed E-state index contributed by atoms with van der Waals surface area (Å²) in [4.78, 5) is 3.68. The van der Waals surface area contributed by atoms with Gasteiger partial charge in [-0.05, 0) is 35.4 Å². The first kappa shape index (κ1) is 16.4. The molecule has 3 heterocycles. The van der Waals surface area contributed by atoms with E-state index < -0.39 is 0 Å². The highest BCUT2D eigenvalue weighted by molar-refractivity contribution is 6.35. The zero-order chi connectivity index (χ0) is 20.8. The smallest absolute Gasteiger partial charge is 0.0628 e. The van der Waals surface area contributed by atoms with Gasteiger partial charge >= 0.3 is 0 Å². The van der Waals surface area contributed by atoms with Crippen LogP contribution in [0.15, 0.2) is 103 Å². The summed E-state index contributed by atoms with van der Waals surface area (Å²) in [6.07, 6.45) is 0. The molecule has 0 spiro atoms. The summed E-state index contributed by atoms with van der Waals surface area (Å²) in [6.45, 7) is 0. The highest BCUT2D eigenvalue weighted by Gasteiger charge is 2.21. The van der Waals surface area contributed by atoms with Gasteiger partial charge in [0, 0.05) is 43.4 Å². The van der Waals surface area contributed by atoms with E-state index in [1.807, 2.05) is 0 Å². The Kier molecular flexibility index (Phi) is 2.91. The van der Waals surface area contributed by atoms with E-state index in [-0.39, 0.29) is 0 Å². The van der Waals surface area contributed by atoms with E-state index in [1.54, 1.807) is 0 Å². The van der Waals surface area contributed by atoms with Crippen molar-refractivity contribution in [3.63, 3.8) is 0 Å². The Bertz CT molecular complexity index is 1970. The molecule has 0 bridgehead atoms. The van der Waals surface area contributed by atoms with Gasteiger partial charge in [0.15, 0.2) is 0 Å². The van der Waals surface area contributed by atoms with Crippen LogP contribution in [0.25, 0.3) is 71.0 Å². The number of nitrogens with one attached hydrogen (secondary N) is 1. The molecule has 3 aromatic heterocycles. The SMILES string of the molecule is c1ccc(-c2ccc3c4cc5[nH]c6ccccc6c5c5c6ccccc6n(c3c2)c45)cc1. The monoisotopic (exact) mass is 406 g/mol. The lowest BCUT2D eigenvalue weighted by molar-refractivity contribution is 1.37. The van der Waals surface area contributed by atoms with E-state index in [1.165, 1.54) is 71.0 Å². The Labute approximate surface area is 183 Å². The number of para-hydroxylation sites is 2. The number of aromatic nitrogens is 2. The molecule has 0 amide bonds. The number of nitrogens with zero attached hydrogens (tertiary/aromatic N) is 1. The molecule has 0 unspecified atom stereocenters. The van der Waals surface area contributed by atoms with Crippen molar-refractivity contribution in [1.29, 1.82) is 0 Å². The number of hydrogen-bond donors (Lipinski definition) is 1. The first-order chi connectivity index (χ1) is 15.9. The Hall–Kier alpha value is -4.30. The fourth-order valence-electron chi connectivity index (χ4n) is 5.71. The Morgan fingerprint density at radius 3 is 2.16 bits per heavy atom. The first-order valence-corrected chi connectivity index (χ1v) is 11.1. The molecule has 8 aromatic rings. The quantitative estimate of drug-likeness (QED) is 0.284. The largest absolute Gasteiger partial charge is 0.354 e. The third-order valence-corrected chi connectivity index (χ3v) is 7.04. The second-order valence-electron chi connectivity index (χ2n) is 8.69. The molecule has 2 heteroatoms. The molecule has 0 radical (unpaired) electrons. The van der Waals surface area contributed by atoms with Crippen molar-refractivity contribution >= 4 is 59.9 Å². The van der Waals surface area contributed by atoms with Gasteiger partial charge in [-0.2, -0.15) is 0 Å². The van der Waals surface area contributed by atoms with Gasteiger partial charge in [-0.15, -0.1) is 0 Å². The molecule has 32 heavy (non-hydrogen) atoms. The number of benzene rings is 5. The van der Waals surface area contributed by atoms with Crippen LogP contribution in [0.3, 0.4) is 0 Å². The lowest BCUT2D eigenvalue weighted by Gasteiger charge is -2.03. The van der Waals surface area contributed by atoms with Crippen molar-refractivity contribution in [2.24, 2.45) is 0 Å². The third kappa shape index (κ3) is 1.91. The maximum atomic E-state index is 3.68. The van der Waals surface area contributed by atoms with Crippen molar-refractivity contribution in [3.8, 4) is 11.1 Å². The summed E-state index contributed by atoms with van der Waals surface area (Å²) < 4.78 is 2.48. The van der Waals surface area contributed by atoms with Gasteiger partial charge in [0.1, 0.15) is 0 Å². The minimum atomic E-state index is 1.19. The van der Waals surface area contributed by atoms with E-state index >= 15 is 0 Å². The average molecular weight is 406 g/mol. The van der Waals surface area contributed by atoms with E-state index in [9.17, 15) is 0 Å². The normalized spacial score (nSPS) is 12.4. The predicted octanol–water partition coefficient (Wildman–Crippen LogP) is 8.14. The van der Waals surface area contributed by atoms with Gasteiger partial charge in [0.05, 0.1) is 16.6 Å². The fraction of sp³-hybridized carbons (Fsp3) is 0. The molecule has 0 aliphatic rings. The van der Waals surface area contributed by atoms with Crippen LogP contribution in [0, 0.1) is 0 Å². The summed E-state index contributed by atoms with van der Waals surface area (Å²) in [7, 11) is 0. The maximum absolute atomic E-state index is 3.68. The van der Waals surface area contributed by atoms with Crippen LogP contribution in [0.4, 0.5) is 0 Å². The summed E-state index contributed by atoms with van der Waals surface area (Å²) >= 11 is 0. The second-order valence-corrected chi connectivity index (χ2v) is 8.69. The van der Waals surface area contributed by atoms with Crippen LogP contribution in [0.5, 0.6) is 0 Å². The molecule has 1 N–H and O–H groups in total. The highest BCUT2D eigenvalue weighted by Crippen LogP contribution is 2.45. The summed E-state index contributed by atoms with van der Waals surface area (Å²) in [6, 6.07) is 37.4. The van der Waals surface area contributed by atoms with E-state index in [0.29, 0.717) is 0 Å². The third-order valence-electron chi connectivity index (χ3n) is 7.04. The van der Waals surface area contributed by atoms with Gasteiger partial charge in [-0.3, -0.25) is 0 Å². The Balaban J connectivity index is 1.66. The molecule has 2 nitrogen and oxygen atoms in total. The molecule has 5 aromatic carbocycles. The van der Waals surface area contributed by atoms with E-state index in [4.69, 9.17) is 0 Å². The minimum absolute atomic E-state index is 1.19. The van der Waals surface area contributed by atoms with Crippen LogP contribution >= 0.6 is 0 Å². The molecule has 0 aliphatic heterocycles. The zero-order valence-corrected chi connectivity index (χ0v) is 17.3. The molecule has 0 saturated heterocycles. The molecule has 0 atom stereocenters. The van der Waals surface area contributed by atoms with Crippen LogP contribution < -0.4 is 0 Å². The molecular formula is C30H18N2. The number of aromatic amines is 1. The molecule has 8 rings (SSSR count). The number of hydrogen-bond acceptors (Lipinski definition) is 0. The Morgan fingerprint density at radius 2 is 1.25 bits per heavy atom. The van der Waals surface area contributed by atoms with Crippen LogP contribution in [0.2, 0.25) is 0 Å². The van der Waals surface area contributed by atoms with Crippen LogP contribution in [0.1, 0.15) is 0 Å². The van der Waals surface area contributed by atoms with Crippen LogP contribution in [-0.2, 0) is 0 Å². The van der Waals surface area contributed by atoms with Gasteiger partial charge in [0.2, 0.25) is 0 Å². The molecule has 0 fully saturated rings.